The van der Waals surface area contributed by atoms with Crippen molar-refractivity contribution in [3.8, 4) is 22.8 Å². The monoisotopic (exact) mass is 466 g/mol. The Morgan fingerprint density at radius 1 is 1.21 bits per heavy atom. The highest BCUT2D eigenvalue weighted by Crippen LogP contribution is 2.42. The summed E-state index contributed by atoms with van der Waals surface area (Å²) in [7, 11) is 5.33. The molecule has 2 aromatic heterocycles. The Bertz CT molecular complexity index is 1130. The molecular formula is C25H30N4O3S. The van der Waals surface area contributed by atoms with E-state index in [1.165, 1.54) is 23.5 Å². The Balaban J connectivity index is 1.29. The van der Waals surface area contributed by atoms with Crippen molar-refractivity contribution in [3.05, 3.63) is 52.3 Å². The number of nitrogens with one attached hydrogen (secondary N) is 1. The van der Waals surface area contributed by atoms with Gasteiger partial charge in [-0.2, -0.15) is 5.10 Å². The number of hydrogen-bond acceptors (Lipinski definition) is 6. The number of aromatic nitrogens is 2. The maximum absolute atomic E-state index is 12.4. The molecule has 0 saturated carbocycles. The molecule has 0 spiro atoms. The molecule has 33 heavy (non-hydrogen) atoms. The van der Waals surface area contributed by atoms with Crippen LogP contribution in [-0.2, 0) is 7.05 Å². The van der Waals surface area contributed by atoms with E-state index in [0.717, 1.165) is 35.6 Å². The average Bonchev–Trinajstić information content (AvgIpc) is 3.52. The van der Waals surface area contributed by atoms with Crippen LogP contribution in [0.2, 0.25) is 0 Å². The smallest absolute Gasteiger partial charge is 0.261 e. The number of carbonyl (C=O) groups excluding carboxylic acids is 1. The summed E-state index contributed by atoms with van der Waals surface area (Å²) in [5, 5.41) is 9.91. The number of carbonyl (C=O) groups is 1. The van der Waals surface area contributed by atoms with Crippen molar-refractivity contribution in [2.24, 2.45) is 13.0 Å². The third-order valence-electron chi connectivity index (χ3n) is 7.10. The summed E-state index contributed by atoms with van der Waals surface area (Å²) in [6, 6.07) is 12.3. The zero-order valence-corrected chi connectivity index (χ0v) is 20.1. The Labute approximate surface area is 198 Å². The number of ether oxygens (including phenoxy) is 2. The molecule has 174 valence electrons. The average molecular weight is 467 g/mol. The van der Waals surface area contributed by atoms with Crippen LogP contribution < -0.4 is 14.8 Å². The predicted molar refractivity (Wildman–Crippen MR) is 129 cm³/mol. The van der Waals surface area contributed by atoms with Gasteiger partial charge in [0.25, 0.3) is 5.91 Å². The van der Waals surface area contributed by atoms with E-state index in [2.05, 4.69) is 16.3 Å². The number of methoxy groups -OCH3 is 2. The van der Waals surface area contributed by atoms with E-state index in [1.807, 2.05) is 47.4 Å². The molecule has 0 aliphatic carbocycles. The highest BCUT2D eigenvalue weighted by molar-refractivity contribution is 7.12. The van der Waals surface area contributed by atoms with Gasteiger partial charge in [-0.15, -0.1) is 11.3 Å². The highest BCUT2D eigenvalue weighted by Gasteiger charge is 2.41. The summed E-state index contributed by atoms with van der Waals surface area (Å²) >= 11 is 1.49. The van der Waals surface area contributed by atoms with Crippen LogP contribution in [0.1, 0.15) is 34.1 Å². The molecule has 3 saturated heterocycles. The van der Waals surface area contributed by atoms with Crippen LogP contribution in [0.5, 0.6) is 11.5 Å². The maximum atomic E-state index is 12.4. The van der Waals surface area contributed by atoms with Gasteiger partial charge in [0.2, 0.25) is 0 Å². The number of nitrogens with zero attached hydrogens (tertiary/aromatic N) is 3. The molecule has 2 bridgehead atoms. The number of piperidine rings is 3. The number of thiophene rings is 1. The van der Waals surface area contributed by atoms with Gasteiger partial charge in [0.15, 0.2) is 11.5 Å². The normalized spacial score (nSPS) is 24.0. The van der Waals surface area contributed by atoms with Gasteiger partial charge in [-0.3, -0.25) is 14.4 Å². The van der Waals surface area contributed by atoms with Crippen molar-refractivity contribution in [2.45, 2.75) is 24.8 Å². The van der Waals surface area contributed by atoms with Crippen molar-refractivity contribution in [1.82, 2.24) is 20.0 Å². The quantitative estimate of drug-likeness (QED) is 0.574. The Morgan fingerprint density at radius 2 is 2.06 bits per heavy atom. The van der Waals surface area contributed by atoms with Gasteiger partial charge in [0, 0.05) is 43.4 Å². The summed E-state index contributed by atoms with van der Waals surface area (Å²) in [5.41, 5.74) is 3.24. The predicted octanol–water partition coefficient (Wildman–Crippen LogP) is 3.77. The SMILES string of the molecule is COc1ccc(-c2cc([C@@H]3CN4CC[C@H]3C[C@@H]4CNC(=O)c3cccs3)n(C)n2)cc1OC. The maximum Gasteiger partial charge on any atom is 0.261 e. The number of amides is 1. The molecule has 1 N–H and O–H groups in total. The van der Waals surface area contributed by atoms with Gasteiger partial charge in [-0.25, -0.2) is 0 Å². The lowest BCUT2D eigenvalue weighted by Crippen LogP contribution is -2.56. The van der Waals surface area contributed by atoms with Crippen LogP contribution in [0.25, 0.3) is 11.3 Å². The second-order valence-corrected chi connectivity index (χ2v) is 9.82. The van der Waals surface area contributed by atoms with Crippen LogP contribution in [0, 0.1) is 5.92 Å². The van der Waals surface area contributed by atoms with Gasteiger partial charge >= 0.3 is 0 Å². The largest absolute Gasteiger partial charge is 0.493 e. The topological polar surface area (TPSA) is 68.6 Å². The molecule has 3 aliphatic rings. The van der Waals surface area contributed by atoms with Gasteiger partial charge in [0.05, 0.1) is 24.8 Å². The fourth-order valence-electron chi connectivity index (χ4n) is 5.36. The second kappa shape index (κ2) is 9.19. The van der Waals surface area contributed by atoms with Gasteiger partial charge in [-0.1, -0.05) is 6.07 Å². The molecule has 3 aliphatic heterocycles. The minimum atomic E-state index is 0.0374. The first-order valence-electron chi connectivity index (χ1n) is 11.4. The summed E-state index contributed by atoms with van der Waals surface area (Å²) in [4.78, 5) is 15.7. The number of fused-ring (bicyclic) bond motifs is 3. The Kier molecular flexibility index (Phi) is 6.12. The van der Waals surface area contributed by atoms with Crippen molar-refractivity contribution in [3.63, 3.8) is 0 Å². The van der Waals surface area contributed by atoms with Crippen molar-refractivity contribution >= 4 is 17.2 Å². The van der Waals surface area contributed by atoms with E-state index >= 15 is 0 Å². The minimum Gasteiger partial charge on any atom is -0.493 e. The van der Waals surface area contributed by atoms with Crippen LogP contribution in [0.15, 0.2) is 41.8 Å². The van der Waals surface area contributed by atoms with Crippen LogP contribution >= 0.6 is 11.3 Å². The van der Waals surface area contributed by atoms with Gasteiger partial charge in [-0.05, 0) is 61.0 Å². The summed E-state index contributed by atoms with van der Waals surface area (Å²) in [5.74, 6) is 2.52. The number of hydrogen-bond donors (Lipinski definition) is 1. The zero-order valence-electron chi connectivity index (χ0n) is 19.3. The highest BCUT2D eigenvalue weighted by atomic mass is 32.1. The number of aryl methyl sites for hydroxylation is 1. The molecule has 1 aromatic carbocycles. The first kappa shape index (κ1) is 22.0. The number of rotatable bonds is 7. The van der Waals surface area contributed by atoms with Gasteiger partial charge < -0.3 is 14.8 Å². The second-order valence-electron chi connectivity index (χ2n) is 8.87. The molecule has 3 fully saturated rings. The molecule has 0 radical (unpaired) electrons. The Morgan fingerprint density at radius 3 is 2.76 bits per heavy atom. The molecule has 1 unspecified atom stereocenters. The molecule has 8 heteroatoms. The first-order chi connectivity index (χ1) is 16.1. The molecule has 6 rings (SSSR count). The molecule has 4 atom stereocenters. The van der Waals surface area contributed by atoms with E-state index in [0.29, 0.717) is 35.9 Å². The van der Waals surface area contributed by atoms with Crippen molar-refractivity contribution in [2.75, 3.05) is 33.9 Å². The van der Waals surface area contributed by atoms with Gasteiger partial charge in [0.1, 0.15) is 0 Å². The van der Waals surface area contributed by atoms with E-state index in [-0.39, 0.29) is 5.91 Å². The summed E-state index contributed by atoms with van der Waals surface area (Å²) in [6.45, 7) is 2.82. The molecule has 1 amide bonds. The van der Waals surface area contributed by atoms with Crippen molar-refractivity contribution in [1.29, 1.82) is 0 Å². The fourth-order valence-corrected chi connectivity index (χ4v) is 6.00. The number of benzene rings is 1. The molecule has 7 nitrogen and oxygen atoms in total. The minimum absolute atomic E-state index is 0.0374. The lowest BCUT2D eigenvalue weighted by atomic mass is 9.74. The lowest BCUT2D eigenvalue weighted by molar-refractivity contribution is 0.0280. The zero-order chi connectivity index (χ0) is 22.9. The van der Waals surface area contributed by atoms with Crippen LogP contribution in [0.3, 0.4) is 0 Å². The molecule has 5 heterocycles. The van der Waals surface area contributed by atoms with E-state index in [9.17, 15) is 4.79 Å². The van der Waals surface area contributed by atoms with Crippen LogP contribution in [-0.4, -0.2) is 60.5 Å². The first-order valence-corrected chi connectivity index (χ1v) is 12.3. The summed E-state index contributed by atoms with van der Waals surface area (Å²) < 4.78 is 12.9. The molecular weight excluding hydrogens is 436 g/mol. The third kappa shape index (κ3) is 4.25. The van der Waals surface area contributed by atoms with Crippen molar-refractivity contribution < 1.29 is 14.3 Å². The molecule has 3 aromatic rings. The van der Waals surface area contributed by atoms with E-state index in [4.69, 9.17) is 14.6 Å². The van der Waals surface area contributed by atoms with E-state index < -0.39 is 0 Å². The Hall–Kier alpha value is -2.84. The van der Waals surface area contributed by atoms with E-state index in [1.54, 1.807) is 14.2 Å². The standard InChI is InChI=1S/C25H30N4O3S/c1-28-21(13-20(27-28)17-6-7-22(31-2)23(12-17)32-3)19-15-29-9-8-16(19)11-18(29)14-26-25(30)24-5-4-10-33-24/h4-7,10,12-13,16,18-19H,8-9,11,14-15H2,1-3H3,(H,26,30)/t16-,18+,19+/m0/s1. The van der Waals surface area contributed by atoms with Crippen LogP contribution in [0.4, 0.5) is 0 Å². The lowest BCUT2D eigenvalue weighted by Gasteiger charge is -2.49. The summed E-state index contributed by atoms with van der Waals surface area (Å²) in [6.07, 6.45) is 2.29. The fraction of sp³-hybridized carbons (Fsp3) is 0.440. The third-order valence-corrected chi connectivity index (χ3v) is 7.97.